The Bertz CT molecular complexity index is 261. The zero-order valence-corrected chi connectivity index (χ0v) is 13.2. The fourth-order valence-electron chi connectivity index (χ4n) is 2.50. The maximum absolute atomic E-state index is 11.5. The third-order valence-corrected chi connectivity index (χ3v) is 3.83. The lowest BCUT2D eigenvalue weighted by atomic mass is 10.1. The van der Waals surface area contributed by atoms with Gasteiger partial charge in [-0.15, -0.1) is 0 Å². The van der Waals surface area contributed by atoms with E-state index in [1.165, 1.54) is 32.1 Å². The monoisotopic (exact) mass is 298 g/mol. The summed E-state index contributed by atoms with van der Waals surface area (Å²) in [5.74, 6) is -0.185. The minimum atomic E-state index is -0.0927. The predicted molar refractivity (Wildman–Crippen MR) is 81.9 cm³/mol. The molecule has 0 aliphatic carbocycles. The van der Waals surface area contributed by atoms with Gasteiger partial charge in [-0.1, -0.05) is 44.9 Å². The van der Waals surface area contributed by atoms with Crippen LogP contribution in [0.3, 0.4) is 0 Å². The van der Waals surface area contributed by atoms with Crippen LogP contribution < -0.4 is 0 Å². The lowest BCUT2D eigenvalue weighted by Gasteiger charge is -2.06. The molecule has 0 aromatic carbocycles. The van der Waals surface area contributed by atoms with E-state index in [9.17, 15) is 9.59 Å². The number of ether oxygens (including phenoxy) is 2. The first-order valence-corrected chi connectivity index (χ1v) is 8.60. The number of carbonyl (C=O) groups is 2. The van der Waals surface area contributed by atoms with Crippen molar-refractivity contribution in [3.05, 3.63) is 0 Å². The summed E-state index contributed by atoms with van der Waals surface area (Å²) in [5.41, 5.74) is 0. The highest BCUT2D eigenvalue weighted by Gasteiger charge is 2.05. The van der Waals surface area contributed by atoms with Crippen LogP contribution >= 0.6 is 0 Å². The molecule has 0 spiro atoms. The molecule has 0 saturated carbocycles. The summed E-state index contributed by atoms with van der Waals surface area (Å²) in [6.45, 7) is 0.882. The van der Waals surface area contributed by atoms with Crippen LogP contribution in [0.15, 0.2) is 0 Å². The van der Waals surface area contributed by atoms with Gasteiger partial charge in [0.2, 0.25) is 0 Å². The second-order valence-electron chi connectivity index (χ2n) is 5.83. The number of hydrogen-bond donors (Lipinski definition) is 0. The summed E-state index contributed by atoms with van der Waals surface area (Å²) < 4.78 is 10.3. The number of hydrogen-bond acceptors (Lipinski definition) is 4. The van der Waals surface area contributed by atoms with Gasteiger partial charge in [0.25, 0.3) is 0 Å². The number of carbonyl (C=O) groups excluding carboxylic acids is 2. The van der Waals surface area contributed by atoms with E-state index in [-0.39, 0.29) is 11.9 Å². The van der Waals surface area contributed by atoms with Gasteiger partial charge in [0.1, 0.15) is 0 Å². The first-order valence-electron chi connectivity index (χ1n) is 8.60. The Balaban J connectivity index is 2.19. The van der Waals surface area contributed by atoms with Gasteiger partial charge in [0.05, 0.1) is 13.2 Å². The van der Waals surface area contributed by atoms with E-state index in [0.717, 1.165) is 38.5 Å². The highest BCUT2D eigenvalue weighted by Crippen LogP contribution is 2.12. The molecular weight excluding hydrogens is 268 g/mol. The van der Waals surface area contributed by atoms with Gasteiger partial charge >= 0.3 is 11.9 Å². The first kappa shape index (κ1) is 18.0. The van der Waals surface area contributed by atoms with Crippen LogP contribution in [0.5, 0.6) is 0 Å². The molecule has 21 heavy (non-hydrogen) atoms. The third kappa shape index (κ3) is 11.3. The third-order valence-electron chi connectivity index (χ3n) is 3.83. The van der Waals surface area contributed by atoms with Crippen molar-refractivity contribution in [2.75, 3.05) is 13.2 Å². The van der Waals surface area contributed by atoms with Gasteiger partial charge < -0.3 is 9.47 Å². The average molecular weight is 298 g/mol. The summed E-state index contributed by atoms with van der Waals surface area (Å²) in [7, 11) is 0. The molecule has 1 rings (SSSR count). The fourth-order valence-corrected chi connectivity index (χ4v) is 2.50. The maximum Gasteiger partial charge on any atom is 0.305 e. The second kappa shape index (κ2) is 12.7. The molecule has 0 N–H and O–H groups in total. The van der Waals surface area contributed by atoms with E-state index in [2.05, 4.69) is 0 Å². The molecule has 1 aliphatic heterocycles. The van der Waals surface area contributed by atoms with Crippen LogP contribution in [0.1, 0.15) is 83.5 Å². The van der Waals surface area contributed by atoms with E-state index in [0.29, 0.717) is 26.1 Å². The highest BCUT2D eigenvalue weighted by molar-refractivity contribution is 5.69. The topological polar surface area (TPSA) is 52.6 Å². The summed E-state index contributed by atoms with van der Waals surface area (Å²) in [6.07, 6.45) is 12.9. The van der Waals surface area contributed by atoms with Crippen molar-refractivity contribution in [3.63, 3.8) is 0 Å². The molecule has 0 radical (unpaired) electrons. The van der Waals surface area contributed by atoms with Crippen molar-refractivity contribution in [3.8, 4) is 0 Å². The number of esters is 2. The predicted octanol–water partition coefficient (Wildman–Crippen LogP) is 4.16. The Labute approximate surface area is 128 Å². The van der Waals surface area contributed by atoms with Gasteiger partial charge in [-0.3, -0.25) is 9.59 Å². The van der Waals surface area contributed by atoms with Crippen molar-refractivity contribution in [1.82, 2.24) is 0 Å². The van der Waals surface area contributed by atoms with E-state index < -0.39 is 0 Å². The van der Waals surface area contributed by atoms with Crippen LogP contribution in [0.2, 0.25) is 0 Å². The molecule has 0 aromatic heterocycles. The maximum atomic E-state index is 11.5. The number of cyclic esters (lactones) is 2. The Morgan fingerprint density at radius 3 is 1.19 bits per heavy atom. The normalized spacial score (nSPS) is 22.3. The van der Waals surface area contributed by atoms with Crippen molar-refractivity contribution < 1.29 is 19.1 Å². The van der Waals surface area contributed by atoms with Gasteiger partial charge in [-0.05, 0) is 25.7 Å². The van der Waals surface area contributed by atoms with Crippen molar-refractivity contribution >= 4 is 11.9 Å². The first-order chi connectivity index (χ1) is 10.3. The van der Waals surface area contributed by atoms with Crippen molar-refractivity contribution in [2.45, 2.75) is 83.5 Å². The van der Waals surface area contributed by atoms with Crippen LogP contribution in [-0.2, 0) is 19.1 Å². The molecule has 1 heterocycles. The summed E-state index contributed by atoms with van der Waals surface area (Å²) in [4.78, 5) is 22.9. The van der Waals surface area contributed by atoms with Crippen LogP contribution in [0.4, 0.5) is 0 Å². The Hall–Kier alpha value is -1.06. The molecule has 1 aliphatic rings. The Morgan fingerprint density at radius 2 is 0.810 bits per heavy atom. The van der Waals surface area contributed by atoms with Crippen LogP contribution in [0, 0.1) is 0 Å². The molecule has 122 valence electrons. The zero-order valence-electron chi connectivity index (χ0n) is 13.2. The summed E-state index contributed by atoms with van der Waals surface area (Å²) in [5, 5.41) is 0. The fraction of sp³-hybridized carbons (Fsp3) is 0.882. The molecule has 0 amide bonds. The molecule has 0 aromatic rings. The van der Waals surface area contributed by atoms with E-state index >= 15 is 0 Å². The second-order valence-corrected chi connectivity index (χ2v) is 5.83. The minimum absolute atomic E-state index is 0.0927. The largest absolute Gasteiger partial charge is 0.466 e. The average Bonchev–Trinajstić information content (AvgIpc) is 2.47. The molecular formula is C17H30O4. The molecule has 0 unspecified atom stereocenters. The summed E-state index contributed by atoms with van der Waals surface area (Å²) in [6, 6.07) is 0. The lowest BCUT2D eigenvalue weighted by Crippen LogP contribution is -2.08. The molecule has 4 heteroatoms. The zero-order chi connectivity index (χ0) is 15.2. The standard InChI is InChI=1S/C17H30O4/c18-16-12-8-6-4-2-1-3-5-7-9-13-17(19)21-15-11-10-14-20-16/h1-15H2. The van der Waals surface area contributed by atoms with Gasteiger partial charge in [-0.25, -0.2) is 0 Å². The van der Waals surface area contributed by atoms with E-state index in [1.54, 1.807) is 0 Å². The van der Waals surface area contributed by atoms with Gasteiger partial charge in [0.15, 0.2) is 0 Å². The van der Waals surface area contributed by atoms with E-state index in [4.69, 9.17) is 9.47 Å². The number of rotatable bonds is 0. The molecule has 4 nitrogen and oxygen atoms in total. The quantitative estimate of drug-likeness (QED) is 0.630. The Kier molecular flexibility index (Phi) is 10.8. The minimum Gasteiger partial charge on any atom is -0.466 e. The van der Waals surface area contributed by atoms with Crippen LogP contribution in [-0.4, -0.2) is 25.2 Å². The molecule has 1 fully saturated rings. The molecule has 0 atom stereocenters. The van der Waals surface area contributed by atoms with Gasteiger partial charge in [0, 0.05) is 12.8 Å². The van der Waals surface area contributed by atoms with Crippen LogP contribution in [0.25, 0.3) is 0 Å². The highest BCUT2D eigenvalue weighted by atomic mass is 16.5. The van der Waals surface area contributed by atoms with E-state index in [1.807, 2.05) is 0 Å². The Morgan fingerprint density at radius 1 is 0.476 bits per heavy atom. The SMILES string of the molecule is O=C1CCCCCCCCCCCC(=O)OCCCCO1. The van der Waals surface area contributed by atoms with Gasteiger partial charge in [-0.2, -0.15) is 0 Å². The smallest absolute Gasteiger partial charge is 0.305 e. The molecule has 1 saturated heterocycles. The van der Waals surface area contributed by atoms with Crippen molar-refractivity contribution in [1.29, 1.82) is 0 Å². The summed E-state index contributed by atoms with van der Waals surface area (Å²) >= 11 is 0. The van der Waals surface area contributed by atoms with Crippen molar-refractivity contribution in [2.24, 2.45) is 0 Å². The lowest BCUT2D eigenvalue weighted by molar-refractivity contribution is -0.146. The molecule has 0 bridgehead atoms.